The number of halogens is 1. The summed E-state index contributed by atoms with van der Waals surface area (Å²) >= 11 is 2.27. The van der Waals surface area contributed by atoms with E-state index in [-0.39, 0.29) is 6.10 Å². The van der Waals surface area contributed by atoms with Crippen LogP contribution < -0.4 is 5.32 Å². The van der Waals surface area contributed by atoms with Gasteiger partial charge < -0.3 is 10.1 Å². The highest BCUT2D eigenvalue weighted by molar-refractivity contribution is 14.1. The van der Waals surface area contributed by atoms with E-state index in [1.165, 1.54) is 6.42 Å². The molecule has 6 heteroatoms. The standard InChI is InChI=1S/C14H23IN4O/c1-3-5-16-13-11(15)9-17-14(18-13)12-10-19(6-4-2)7-8-20-12/h9,12H,3-8,10H2,1-2H3,(H,16,17,18). The third-order valence-corrected chi connectivity index (χ3v) is 4.07. The molecule has 20 heavy (non-hydrogen) atoms. The number of morpholine rings is 1. The Morgan fingerprint density at radius 1 is 1.45 bits per heavy atom. The molecule has 5 nitrogen and oxygen atoms in total. The van der Waals surface area contributed by atoms with Crippen LogP contribution in [0.5, 0.6) is 0 Å². The summed E-state index contributed by atoms with van der Waals surface area (Å²) in [5, 5.41) is 3.35. The molecule has 112 valence electrons. The van der Waals surface area contributed by atoms with Crippen LogP contribution in [0.25, 0.3) is 0 Å². The number of hydrogen-bond donors (Lipinski definition) is 1. The summed E-state index contributed by atoms with van der Waals surface area (Å²) in [7, 11) is 0. The Kier molecular flexibility index (Phi) is 6.44. The van der Waals surface area contributed by atoms with E-state index in [0.29, 0.717) is 0 Å². The first-order chi connectivity index (χ1) is 9.74. The number of aromatic nitrogens is 2. The Balaban J connectivity index is 2.07. The van der Waals surface area contributed by atoms with Crippen molar-refractivity contribution >= 4 is 28.4 Å². The first kappa shape index (κ1) is 15.9. The van der Waals surface area contributed by atoms with Crippen molar-refractivity contribution in [3.05, 3.63) is 15.6 Å². The van der Waals surface area contributed by atoms with Crippen molar-refractivity contribution in [2.45, 2.75) is 32.8 Å². The van der Waals surface area contributed by atoms with E-state index in [0.717, 1.165) is 54.4 Å². The molecule has 1 N–H and O–H groups in total. The number of hydrogen-bond acceptors (Lipinski definition) is 5. The SMILES string of the molecule is CCCNc1nc(C2CN(CCC)CCO2)ncc1I. The molecule has 1 aliphatic rings. The molecular weight excluding hydrogens is 367 g/mol. The van der Waals surface area contributed by atoms with Crippen LogP contribution in [0, 0.1) is 3.57 Å². The Hall–Kier alpha value is -0.470. The molecule has 0 radical (unpaired) electrons. The monoisotopic (exact) mass is 390 g/mol. The predicted molar refractivity (Wildman–Crippen MR) is 89.0 cm³/mol. The van der Waals surface area contributed by atoms with Gasteiger partial charge in [0, 0.05) is 25.8 Å². The quantitative estimate of drug-likeness (QED) is 0.757. The molecule has 1 atom stereocenters. The Morgan fingerprint density at radius 2 is 2.30 bits per heavy atom. The lowest BCUT2D eigenvalue weighted by molar-refractivity contribution is -0.0341. The van der Waals surface area contributed by atoms with Gasteiger partial charge in [-0.05, 0) is 42.0 Å². The predicted octanol–water partition coefficient (Wildman–Crippen LogP) is 2.69. The second-order valence-electron chi connectivity index (χ2n) is 5.01. The number of rotatable bonds is 6. The summed E-state index contributed by atoms with van der Waals surface area (Å²) in [5.74, 6) is 1.72. The van der Waals surface area contributed by atoms with Gasteiger partial charge in [0.05, 0.1) is 10.2 Å². The molecule has 1 aromatic rings. The number of nitrogens with zero attached hydrogens (tertiary/aromatic N) is 3. The highest BCUT2D eigenvalue weighted by atomic mass is 127. The zero-order chi connectivity index (χ0) is 14.4. The molecular formula is C14H23IN4O. The van der Waals surface area contributed by atoms with Gasteiger partial charge in [-0.1, -0.05) is 13.8 Å². The van der Waals surface area contributed by atoms with E-state index in [1.54, 1.807) is 0 Å². The molecule has 1 aliphatic heterocycles. The second kappa shape index (κ2) is 8.09. The third kappa shape index (κ3) is 4.26. The zero-order valence-electron chi connectivity index (χ0n) is 12.2. The van der Waals surface area contributed by atoms with Gasteiger partial charge in [-0.3, -0.25) is 4.90 Å². The molecule has 0 aromatic carbocycles. The molecule has 0 bridgehead atoms. The van der Waals surface area contributed by atoms with Crippen molar-refractivity contribution < 1.29 is 4.74 Å². The number of anilines is 1. The third-order valence-electron chi connectivity index (χ3n) is 3.28. The molecule has 0 aliphatic carbocycles. The first-order valence-corrected chi connectivity index (χ1v) is 8.42. The maximum Gasteiger partial charge on any atom is 0.160 e. The molecule has 0 spiro atoms. The van der Waals surface area contributed by atoms with Crippen molar-refractivity contribution in [1.29, 1.82) is 0 Å². The average molecular weight is 390 g/mol. The lowest BCUT2D eigenvalue weighted by Gasteiger charge is -2.31. The van der Waals surface area contributed by atoms with E-state index >= 15 is 0 Å². The molecule has 2 rings (SSSR count). The van der Waals surface area contributed by atoms with Crippen molar-refractivity contribution in [2.75, 3.05) is 38.1 Å². The summed E-state index contributed by atoms with van der Waals surface area (Å²) in [5.41, 5.74) is 0. The lowest BCUT2D eigenvalue weighted by Crippen LogP contribution is -2.39. The Morgan fingerprint density at radius 3 is 3.05 bits per heavy atom. The smallest absolute Gasteiger partial charge is 0.160 e. The minimum atomic E-state index is -0.00511. The van der Waals surface area contributed by atoms with Crippen molar-refractivity contribution in [1.82, 2.24) is 14.9 Å². The summed E-state index contributed by atoms with van der Waals surface area (Å²) in [6, 6.07) is 0. The molecule has 0 amide bonds. The molecule has 1 saturated heterocycles. The van der Waals surface area contributed by atoms with Crippen LogP contribution in [-0.2, 0) is 4.74 Å². The summed E-state index contributed by atoms with van der Waals surface area (Å²) in [6.07, 6.45) is 4.13. The van der Waals surface area contributed by atoms with Crippen LogP contribution in [0.3, 0.4) is 0 Å². The fourth-order valence-electron chi connectivity index (χ4n) is 2.28. The van der Waals surface area contributed by atoms with Crippen LogP contribution in [0.1, 0.15) is 38.6 Å². The second-order valence-corrected chi connectivity index (χ2v) is 6.17. The van der Waals surface area contributed by atoms with Gasteiger partial charge in [-0.15, -0.1) is 0 Å². The minimum Gasteiger partial charge on any atom is -0.369 e. The van der Waals surface area contributed by atoms with Gasteiger partial charge >= 0.3 is 0 Å². The van der Waals surface area contributed by atoms with Gasteiger partial charge in [-0.2, -0.15) is 0 Å². The van der Waals surface area contributed by atoms with Crippen LogP contribution >= 0.6 is 22.6 Å². The van der Waals surface area contributed by atoms with Crippen molar-refractivity contribution in [3.63, 3.8) is 0 Å². The van der Waals surface area contributed by atoms with E-state index < -0.39 is 0 Å². The molecule has 1 fully saturated rings. The van der Waals surface area contributed by atoms with E-state index in [1.807, 2.05) is 6.20 Å². The topological polar surface area (TPSA) is 50.3 Å². The average Bonchev–Trinajstić information content (AvgIpc) is 2.47. The fourth-order valence-corrected chi connectivity index (χ4v) is 2.73. The molecule has 2 heterocycles. The highest BCUT2D eigenvalue weighted by Gasteiger charge is 2.24. The van der Waals surface area contributed by atoms with Gasteiger partial charge in [0.1, 0.15) is 11.9 Å². The van der Waals surface area contributed by atoms with Crippen molar-refractivity contribution in [2.24, 2.45) is 0 Å². The summed E-state index contributed by atoms with van der Waals surface area (Å²) in [6.45, 7) is 9.06. The fraction of sp³-hybridized carbons (Fsp3) is 0.714. The van der Waals surface area contributed by atoms with Gasteiger partial charge in [-0.25, -0.2) is 9.97 Å². The zero-order valence-corrected chi connectivity index (χ0v) is 14.4. The number of ether oxygens (including phenoxy) is 1. The Bertz CT molecular complexity index is 428. The first-order valence-electron chi connectivity index (χ1n) is 7.34. The largest absolute Gasteiger partial charge is 0.369 e. The Labute approximate surface area is 134 Å². The van der Waals surface area contributed by atoms with E-state index in [2.05, 4.69) is 56.6 Å². The van der Waals surface area contributed by atoms with Crippen LogP contribution in [0.15, 0.2) is 6.20 Å². The van der Waals surface area contributed by atoms with Crippen LogP contribution in [0.4, 0.5) is 5.82 Å². The van der Waals surface area contributed by atoms with E-state index in [9.17, 15) is 0 Å². The van der Waals surface area contributed by atoms with Gasteiger partial charge in [0.15, 0.2) is 5.82 Å². The van der Waals surface area contributed by atoms with Crippen molar-refractivity contribution in [3.8, 4) is 0 Å². The maximum absolute atomic E-state index is 5.84. The molecule has 1 unspecified atom stereocenters. The molecule has 0 saturated carbocycles. The van der Waals surface area contributed by atoms with Gasteiger partial charge in [0.2, 0.25) is 0 Å². The minimum absolute atomic E-state index is 0.00511. The van der Waals surface area contributed by atoms with E-state index in [4.69, 9.17) is 4.74 Å². The number of nitrogens with one attached hydrogen (secondary N) is 1. The van der Waals surface area contributed by atoms with Crippen LogP contribution in [-0.4, -0.2) is 47.7 Å². The van der Waals surface area contributed by atoms with Crippen LogP contribution in [0.2, 0.25) is 0 Å². The van der Waals surface area contributed by atoms with Gasteiger partial charge in [0.25, 0.3) is 0 Å². The summed E-state index contributed by atoms with van der Waals surface area (Å²) in [4.78, 5) is 11.5. The highest BCUT2D eigenvalue weighted by Crippen LogP contribution is 2.22. The normalized spacial score (nSPS) is 20.1. The summed E-state index contributed by atoms with van der Waals surface area (Å²) < 4.78 is 6.90. The maximum atomic E-state index is 5.84. The lowest BCUT2D eigenvalue weighted by atomic mass is 10.2. The molecule has 1 aromatic heterocycles.